The minimum absolute atomic E-state index is 0.582. The van der Waals surface area contributed by atoms with Gasteiger partial charge in [0.05, 0.1) is 4.92 Å². The van der Waals surface area contributed by atoms with Gasteiger partial charge in [-0.3, -0.25) is 14.8 Å². The van der Waals surface area contributed by atoms with Crippen LogP contribution < -0.4 is 4.74 Å². The lowest BCUT2D eigenvalue weighted by molar-refractivity contribution is -0.386. The Hall–Kier alpha value is -1.80. The minimum Gasteiger partial charge on any atom is -0.460 e. The summed E-state index contributed by atoms with van der Waals surface area (Å²) in [5, 5.41) is 13.9. The Morgan fingerprint density at radius 1 is 1.69 bits per heavy atom. The van der Waals surface area contributed by atoms with Gasteiger partial charge in [-0.05, 0) is 0 Å². The van der Waals surface area contributed by atoms with E-state index in [4.69, 9.17) is 0 Å². The first-order chi connectivity index (χ1) is 7.45. The molecule has 16 heavy (non-hydrogen) atoms. The van der Waals surface area contributed by atoms with Crippen LogP contribution in [-0.2, 0) is 7.05 Å². The van der Waals surface area contributed by atoms with Crippen molar-refractivity contribution in [3.05, 3.63) is 16.3 Å². The van der Waals surface area contributed by atoms with E-state index in [9.17, 15) is 23.3 Å². The molecular formula is C7H8F3N3O3. The van der Waals surface area contributed by atoms with E-state index < -0.39 is 35.7 Å². The third kappa shape index (κ3) is 2.61. The molecule has 6 nitrogen and oxygen atoms in total. The summed E-state index contributed by atoms with van der Waals surface area (Å²) >= 11 is 0. The molecule has 1 atom stereocenters. The largest absolute Gasteiger partial charge is 0.460 e. The van der Waals surface area contributed by atoms with Crippen LogP contribution in [0.1, 0.15) is 0 Å². The molecule has 1 heterocycles. The Kier molecular flexibility index (Phi) is 3.69. The molecule has 0 amide bonds. The number of nitrogens with zero attached hydrogens (tertiary/aromatic N) is 3. The van der Waals surface area contributed by atoms with Gasteiger partial charge in [-0.15, -0.1) is 5.10 Å². The van der Waals surface area contributed by atoms with E-state index >= 15 is 0 Å². The lowest BCUT2D eigenvalue weighted by Crippen LogP contribution is -2.28. The second-order valence-corrected chi connectivity index (χ2v) is 2.90. The summed E-state index contributed by atoms with van der Waals surface area (Å²) in [6.45, 7) is -1.45. The van der Waals surface area contributed by atoms with Crippen LogP contribution in [0.25, 0.3) is 0 Å². The molecule has 9 heteroatoms. The van der Waals surface area contributed by atoms with E-state index in [1.807, 2.05) is 0 Å². The van der Waals surface area contributed by atoms with E-state index in [1.165, 1.54) is 7.05 Å². The number of aryl methyl sites for hydroxylation is 1. The average molecular weight is 239 g/mol. The highest BCUT2D eigenvalue weighted by molar-refractivity contribution is 5.38. The summed E-state index contributed by atoms with van der Waals surface area (Å²) in [4.78, 5) is 9.62. The molecule has 0 bridgehead atoms. The van der Waals surface area contributed by atoms with Crippen molar-refractivity contribution in [1.82, 2.24) is 9.78 Å². The van der Waals surface area contributed by atoms with Gasteiger partial charge in [-0.25, -0.2) is 13.2 Å². The number of rotatable bonds is 5. The van der Waals surface area contributed by atoms with Crippen molar-refractivity contribution in [3.8, 4) is 5.88 Å². The smallest absolute Gasteiger partial charge is 0.350 e. The number of hydrogen-bond donors (Lipinski definition) is 0. The van der Waals surface area contributed by atoms with Crippen LogP contribution in [0, 0.1) is 10.1 Å². The summed E-state index contributed by atoms with van der Waals surface area (Å²) in [7, 11) is 1.35. The molecule has 1 unspecified atom stereocenters. The van der Waals surface area contributed by atoms with Gasteiger partial charge in [0.1, 0.15) is 12.9 Å². The molecule has 0 aromatic carbocycles. The Morgan fingerprint density at radius 2 is 2.31 bits per heavy atom. The first-order valence-corrected chi connectivity index (χ1v) is 4.14. The summed E-state index contributed by atoms with van der Waals surface area (Å²) in [6.07, 6.45) is -4.14. The van der Waals surface area contributed by atoms with Crippen molar-refractivity contribution >= 4 is 5.69 Å². The summed E-state index contributed by atoms with van der Waals surface area (Å²) in [5.74, 6) is -0.615. The zero-order valence-corrected chi connectivity index (χ0v) is 8.14. The molecule has 0 saturated heterocycles. The highest BCUT2D eigenvalue weighted by Crippen LogP contribution is 2.26. The Morgan fingerprint density at radius 3 is 2.75 bits per heavy atom. The van der Waals surface area contributed by atoms with Gasteiger partial charge in [0.25, 0.3) is 6.43 Å². The fraction of sp³-hybridized carbons (Fsp3) is 0.571. The Labute approximate surface area is 87.8 Å². The zero-order valence-electron chi connectivity index (χ0n) is 8.14. The van der Waals surface area contributed by atoms with Gasteiger partial charge in [-0.2, -0.15) is 0 Å². The van der Waals surface area contributed by atoms with Crippen molar-refractivity contribution in [2.24, 2.45) is 7.05 Å². The number of alkyl halides is 3. The van der Waals surface area contributed by atoms with Crippen LogP contribution in [0.15, 0.2) is 6.20 Å². The number of ether oxygens (including phenoxy) is 1. The van der Waals surface area contributed by atoms with E-state index in [0.29, 0.717) is 0 Å². The zero-order chi connectivity index (χ0) is 12.3. The third-order valence-corrected chi connectivity index (χ3v) is 1.67. The monoisotopic (exact) mass is 239 g/mol. The standard InChI is InChI=1S/C7H8F3N3O3/c1-12-3-4(13(14)15)7(11-12)16-5(2-8)6(9)10/h3,5-6H,2H2,1H3. The van der Waals surface area contributed by atoms with E-state index in [1.54, 1.807) is 0 Å². The SMILES string of the molecule is Cn1cc([N+](=O)[O-])c(OC(CF)C(F)F)n1. The van der Waals surface area contributed by atoms with Crippen molar-refractivity contribution < 1.29 is 22.8 Å². The molecule has 0 radical (unpaired) electrons. The molecular weight excluding hydrogens is 231 g/mol. The summed E-state index contributed by atoms with van der Waals surface area (Å²) in [5.41, 5.74) is -0.582. The molecule has 0 spiro atoms. The van der Waals surface area contributed by atoms with Gasteiger partial charge in [0, 0.05) is 7.05 Å². The normalized spacial score (nSPS) is 12.8. The Bertz CT molecular complexity index is 382. The number of halogens is 3. The molecule has 0 fully saturated rings. The highest BCUT2D eigenvalue weighted by atomic mass is 19.3. The van der Waals surface area contributed by atoms with Crippen LogP contribution in [0.3, 0.4) is 0 Å². The second kappa shape index (κ2) is 4.81. The number of hydrogen-bond acceptors (Lipinski definition) is 4. The molecule has 0 saturated carbocycles. The molecule has 0 aliphatic carbocycles. The van der Waals surface area contributed by atoms with Gasteiger partial charge in [0.2, 0.25) is 0 Å². The van der Waals surface area contributed by atoms with Crippen LogP contribution in [0.2, 0.25) is 0 Å². The predicted octanol–water partition coefficient (Wildman–Crippen LogP) is 1.31. The summed E-state index contributed by atoms with van der Waals surface area (Å²) in [6, 6.07) is 0. The van der Waals surface area contributed by atoms with Gasteiger partial charge in [0.15, 0.2) is 6.10 Å². The maximum Gasteiger partial charge on any atom is 0.350 e. The van der Waals surface area contributed by atoms with Crippen LogP contribution >= 0.6 is 0 Å². The average Bonchev–Trinajstić information content (AvgIpc) is 2.55. The van der Waals surface area contributed by atoms with Crippen molar-refractivity contribution in [2.45, 2.75) is 12.5 Å². The van der Waals surface area contributed by atoms with E-state index in [2.05, 4.69) is 9.84 Å². The topological polar surface area (TPSA) is 70.2 Å². The molecule has 1 aromatic heterocycles. The fourth-order valence-electron chi connectivity index (χ4n) is 0.958. The maximum absolute atomic E-state index is 12.2. The molecule has 0 aliphatic heterocycles. The fourth-order valence-corrected chi connectivity index (χ4v) is 0.958. The molecule has 0 aliphatic rings. The van der Waals surface area contributed by atoms with E-state index in [-0.39, 0.29) is 0 Å². The van der Waals surface area contributed by atoms with Gasteiger partial charge < -0.3 is 4.74 Å². The predicted molar refractivity (Wildman–Crippen MR) is 46.3 cm³/mol. The van der Waals surface area contributed by atoms with Gasteiger partial charge >= 0.3 is 11.6 Å². The maximum atomic E-state index is 12.2. The third-order valence-electron chi connectivity index (χ3n) is 1.67. The minimum atomic E-state index is -3.08. The number of nitro groups is 1. The number of aromatic nitrogens is 2. The molecule has 1 rings (SSSR count). The lowest BCUT2D eigenvalue weighted by Gasteiger charge is -2.11. The summed E-state index contributed by atoms with van der Waals surface area (Å²) < 4.78 is 41.9. The van der Waals surface area contributed by atoms with Crippen molar-refractivity contribution in [1.29, 1.82) is 0 Å². The quantitative estimate of drug-likeness (QED) is 0.573. The van der Waals surface area contributed by atoms with Crippen LogP contribution in [0.5, 0.6) is 5.88 Å². The van der Waals surface area contributed by atoms with Crippen LogP contribution in [-0.4, -0.2) is 33.9 Å². The Balaban J connectivity index is 2.91. The first-order valence-electron chi connectivity index (χ1n) is 4.14. The van der Waals surface area contributed by atoms with Gasteiger partial charge in [-0.1, -0.05) is 0 Å². The van der Waals surface area contributed by atoms with Crippen molar-refractivity contribution in [2.75, 3.05) is 6.67 Å². The first kappa shape index (κ1) is 12.3. The lowest BCUT2D eigenvalue weighted by atomic mass is 10.4. The van der Waals surface area contributed by atoms with E-state index in [0.717, 1.165) is 10.9 Å². The molecule has 1 aromatic rings. The molecule has 90 valence electrons. The second-order valence-electron chi connectivity index (χ2n) is 2.90. The van der Waals surface area contributed by atoms with Crippen molar-refractivity contribution in [3.63, 3.8) is 0 Å². The highest BCUT2D eigenvalue weighted by Gasteiger charge is 2.28. The van der Waals surface area contributed by atoms with Crippen LogP contribution in [0.4, 0.5) is 18.9 Å². The molecule has 0 N–H and O–H groups in total.